The second-order valence-corrected chi connectivity index (χ2v) is 5.84. The Hall–Kier alpha value is -2.62. The van der Waals surface area contributed by atoms with Crippen molar-refractivity contribution in [1.29, 1.82) is 0 Å². The molecular formula is C18H14N2O2. The van der Waals surface area contributed by atoms with Crippen molar-refractivity contribution in [2.24, 2.45) is 0 Å². The molecule has 108 valence electrons. The van der Waals surface area contributed by atoms with Gasteiger partial charge in [0.1, 0.15) is 12.0 Å². The van der Waals surface area contributed by atoms with E-state index in [1.165, 1.54) is 37.0 Å². The molecule has 4 nitrogen and oxygen atoms in total. The van der Waals surface area contributed by atoms with E-state index in [1.54, 1.807) is 0 Å². The fraction of sp³-hybridized carbons (Fsp3) is 0.222. The summed E-state index contributed by atoms with van der Waals surface area (Å²) in [7, 11) is 0. The Morgan fingerprint density at radius 3 is 2.59 bits per heavy atom. The summed E-state index contributed by atoms with van der Waals surface area (Å²) in [5, 5.41) is 0. The summed E-state index contributed by atoms with van der Waals surface area (Å²) in [4.78, 5) is 32.3. The molecule has 0 aliphatic heterocycles. The molecule has 4 heteroatoms. The summed E-state index contributed by atoms with van der Waals surface area (Å²) in [5.41, 5.74) is 3.42. The highest BCUT2D eigenvalue weighted by Crippen LogP contribution is 2.40. The Labute approximate surface area is 127 Å². The summed E-state index contributed by atoms with van der Waals surface area (Å²) >= 11 is 0. The Bertz CT molecular complexity index is 802. The summed E-state index contributed by atoms with van der Waals surface area (Å²) in [6.45, 7) is 0. The first-order valence-corrected chi connectivity index (χ1v) is 7.41. The molecule has 2 aliphatic rings. The van der Waals surface area contributed by atoms with Crippen LogP contribution in [-0.2, 0) is 6.42 Å². The third kappa shape index (κ3) is 2.26. The monoisotopic (exact) mass is 290 g/mol. The number of nitrogens with zero attached hydrogens (tertiary/aromatic N) is 2. The first-order valence-electron chi connectivity index (χ1n) is 7.41. The van der Waals surface area contributed by atoms with E-state index in [4.69, 9.17) is 0 Å². The topological polar surface area (TPSA) is 59.9 Å². The molecule has 0 N–H and O–H groups in total. The van der Waals surface area contributed by atoms with E-state index >= 15 is 0 Å². The van der Waals surface area contributed by atoms with Crippen molar-refractivity contribution in [2.75, 3.05) is 0 Å². The molecule has 2 aromatic rings. The highest BCUT2D eigenvalue weighted by molar-refractivity contribution is 6.23. The molecule has 0 amide bonds. The number of allylic oxidation sites excluding steroid dienone is 2. The van der Waals surface area contributed by atoms with Crippen molar-refractivity contribution in [2.45, 2.75) is 25.2 Å². The number of benzene rings is 1. The summed E-state index contributed by atoms with van der Waals surface area (Å²) in [6, 6.07) is 8.34. The lowest BCUT2D eigenvalue weighted by Crippen LogP contribution is -2.20. The lowest BCUT2D eigenvalue weighted by molar-refractivity contribution is 0.0978. The van der Waals surface area contributed by atoms with E-state index in [9.17, 15) is 9.59 Å². The van der Waals surface area contributed by atoms with Gasteiger partial charge in [0.15, 0.2) is 5.78 Å². The van der Waals surface area contributed by atoms with E-state index in [0.717, 1.165) is 11.5 Å². The van der Waals surface area contributed by atoms with Crippen molar-refractivity contribution >= 4 is 11.6 Å². The fourth-order valence-electron chi connectivity index (χ4n) is 2.83. The zero-order valence-corrected chi connectivity index (χ0v) is 12.0. The van der Waals surface area contributed by atoms with Crippen LogP contribution in [0, 0.1) is 0 Å². The third-order valence-electron chi connectivity index (χ3n) is 4.21. The van der Waals surface area contributed by atoms with E-state index in [1.807, 2.05) is 12.1 Å². The molecule has 4 rings (SSSR count). The number of Topliss-reactive ketones (excluding diaryl/α,β-unsaturated/α-hetero) is 1. The Morgan fingerprint density at radius 1 is 1.09 bits per heavy atom. The van der Waals surface area contributed by atoms with Crippen LogP contribution in [0.3, 0.4) is 0 Å². The molecule has 0 unspecified atom stereocenters. The van der Waals surface area contributed by atoms with Crippen LogP contribution in [0.5, 0.6) is 0 Å². The number of fused-ring (bicyclic) bond motifs is 1. The second-order valence-electron chi connectivity index (χ2n) is 5.84. The van der Waals surface area contributed by atoms with Crippen LogP contribution >= 0.6 is 0 Å². The highest BCUT2D eigenvalue weighted by atomic mass is 16.1. The van der Waals surface area contributed by atoms with Gasteiger partial charge in [0.25, 0.3) is 0 Å². The molecule has 0 spiro atoms. The van der Waals surface area contributed by atoms with Crippen LogP contribution in [0.1, 0.15) is 50.7 Å². The first-order chi connectivity index (χ1) is 10.7. The van der Waals surface area contributed by atoms with Gasteiger partial charge in [-0.3, -0.25) is 9.59 Å². The van der Waals surface area contributed by atoms with Gasteiger partial charge in [0, 0.05) is 18.2 Å². The summed E-state index contributed by atoms with van der Waals surface area (Å²) in [5.74, 6) is 0.346. The molecule has 0 saturated heterocycles. The van der Waals surface area contributed by atoms with Crippen molar-refractivity contribution < 1.29 is 9.59 Å². The number of rotatable bonds is 3. The van der Waals surface area contributed by atoms with Gasteiger partial charge >= 0.3 is 0 Å². The molecule has 0 atom stereocenters. The van der Waals surface area contributed by atoms with Crippen LogP contribution in [0.4, 0.5) is 0 Å². The van der Waals surface area contributed by atoms with Crippen molar-refractivity contribution in [3.63, 3.8) is 0 Å². The average molecular weight is 290 g/mol. The molecule has 1 heterocycles. The maximum atomic E-state index is 12.5. The number of aromatic nitrogens is 2. The smallest absolute Gasteiger partial charge is 0.205 e. The molecular weight excluding hydrogens is 276 g/mol. The van der Waals surface area contributed by atoms with Gasteiger partial charge in [-0.05, 0) is 36.0 Å². The minimum absolute atomic E-state index is 0.151. The fourth-order valence-corrected chi connectivity index (χ4v) is 2.83. The van der Waals surface area contributed by atoms with Crippen LogP contribution in [0.25, 0.3) is 0 Å². The van der Waals surface area contributed by atoms with Crippen LogP contribution < -0.4 is 0 Å². The molecule has 1 aromatic carbocycles. The minimum Gasteiger partial charge on any atom is -0.289 e. The van der Waals surface area contributed by atoms with Gasteiger partial charge in [-0.1, -0.05) is 24.3 Å². The number of hydrogen-bond donors (Lipinski definition) is 0. The minimum atomic E-state index is -0.221. The molecule has 1 fully saturated rings. The van der Waals surface area contributed by atoms with Gasteiger partial charge in [-0.2, -0.15) is 0 Å². The predicted octanol–water partition coefficient (Wildman–Crippen LogP) is 2.90. The average Bonchev–Trinajstić information content (AvgIpc) is 3.38. The zero-order valence-electron chi connectivity index (χ0n) is 12.0. The van der Waals surface area contributed by atoms with Crippen LogP contribution in [-0.4, -0.2) is 21.5 Å². The molecule has 1 saturated carbocycles. The predicted molar refractivity (Wildman–Crippen MR) is 80.9 cm³/mol. The largest absolute Gasteiger partial charge is 0.289 e. The van der Waals surface area contributed by atoms with E-state index in [0.29, 0.717) is 17.6 Å². The van der Waals surface area contributed by atoms with Gasteiger partial charge in [0.05, 0.1) is 5.56 Å². The normalized spacial score (nSPS) is 17.2. The van der Waals surface area contributed by atoms with E-state index in [-0.39, 0.29) is 17.3 Å². The maximum Gasteiger partial charge on any atom is 0.205 e. The van der Waals surface area contributed by atoms with Crippen LogP contribution in [0.2, 0.25) is 0 Å². The van der Waals surface area contributed by atoms with Gasteiger partial charge in [0.2, 0.25) is 5.78 Å². The van der Waals surface area contributed by atoms with Gasteiger partial charge in [-0.25, -0.2) is 9.97 Å². The first kappa shape index (κ1) is 13.1. The Morgan fingerprint density at radius 2 is 1.86 bits per heavy atom. The summed E-state index contributed by atoms with van der Waals surface area (Å²) < 4.78 is 0. The molecule has 0 bridgehead atoms. The van der Waals surface area contributed by atoms with Crippen molar-refractivity contribution in [3.8, 4) is 0 Å². The number of ketones is 2. The maximum absolute atomic E-state index is 12.5. The van der Waals surface area contributed by atoms with Crippen LogP contribution in [0.15, 0.2) is 48.4 Å². The third-order valence-corrected chi connectivity index (χ3v) is 4.21. The molecule has 2 aliphatic carbocycles. The quantitative estimate of drug-likeness (QED) is 0.872. The van der Waals surface area contributed by atoms with Crippen molar-refractivity contribution in [1.82, 2.24) is 9.97 Å². The summed E-state index contributed by atoms with van der Waals surface area (Å²) in [6.07, 6.45) is 7.13. The SMILES string of the molecule is O=C1C(Cc2ccc(C3CC3)cc2)=CC(=O)c2ncncc21. The molecule has 0 radical (unpaired) electrons. The van der Waals surface area contributed by atoms with E-state index in [2.05, 4.69) is 22.1 Å². The zero-order chi connectivity index (χ0) is 15.1. The second kappa shape index (κ2) is 4.98. The Kier molecular flexibility index (Phi) is 2.96. The van der Waals surface area contributed by atoms with E-state index < -0.39 is 0 Å². The Balaban J connectivity index is 1.60. The standard InChI is InChI=1S/C18H14N2O2/c21-16-8-14(18(22)15-9-19-10-20-17(15)16)7-11-1-3-12(4-2-11)13-5-6-13/h1-4,8-10,13H,5-7H2. The van der Waals surface area contributed by atoms with Crippen molar-refractivity contribution in [3.05, 3.63) is 70.8 Å². The number of carbonyl (C=O) groups excluding carboxylic acids is 2. The van der Waals surface area contributed by atoms with Gasteiger partial charge < -0.3 is 0 Å². The molecule has 22 heavy (non-hydrogen) atoms. The lowest BCUT2D eigenvalue weighted by atomic mass is 9.90. The van der Waals surface area contributed by atoms with Gasteiger partial charge in [-0.15, -0.1) is 0 Å². The number of carbonyl (C=O) groups is 2. The highest BCUT2D eigenvalue weighted by Gasteiger charge is 2.27. The lowest BCUT2D eigenvalue weighted by Gasteiger charge is -2.13. The molecule has 1 aromatic heterocycles. The number of hydrogen-bond acceptors (Lipinski definition) is 4.